The van der Waals surface area contributed by atoms with Crippen LogP contribution < -0.4 is 5.32 Å². The van der Waals surface area contributed by atoms with Gasteiger partial charge in [-0.15, -0.1) is 0 Å². The Labute approximate surface area is 120 Å². The van der Waals surface area contributed by atoms with Gasteiger partial charge in [-0.3, -0.25) is 4.79 Å². The van der Waals surface area contributed by atoms with Crippen LogP contribution in [0.15, 0.2) is 54.6 Å². The van der Waals surface area contributed by atoms with Crippen LogP contribution in [0.4, 0.5) is 5.69 Å². The minimum Gasteiger partial charge on any atom is -0.378 e. The number of hydrogen-bond acceptors (Lipinski definition) is 2. The molecule has 0 saturated heterocycles. The second-order valence-corrected chi connectivity index (χ2v) is 4.87. The summed E-state index contributed by atoms with van der Waals surface area (Å²) < 4.78 is 0. The highest BCUT2D eigenvalue weighted by Crippen LogP contribution is 2.22. The highest BCUT2D eigenvalue weighted by molar-refractivity contribution is 5.96. The van der Waals surface area contributed by atoms with Crippen LogP contribution in [0.3, 0.4) is 0 Å². The molecule has 0 amide bonds. The first kappa shape index (κ1) is 14.3. The Hall–Kier alpha value is -2.09. The third-order valence-electron chi connectivity index (χ3n) is 3.48. The monoisotopic (exact) mass is 267 g/mol. The first-order valence-corrected chi connectivity index (χ1v) is 7.19. The molecule has 0 radical (unpaired) electrons. The van der Waals surface area contributed by atoms with Gasteiger partial charge in [0, 0.05) is 17.7 Å². The fourth-order valence-corrected chi connectivity index (χ4v) is 2.26. The molecule has 104 valence electrons. The Morgan fingerprint density at radius 2 is 1.65 bits per heavy atom. The first-order chi connectivity index (χ1) is 9.74. The van der Waals surface area contributed by atoms with E-state index >= 15 is 0 Å². The highest BCUT2D eigenvalue weighted by Gasteiger charge is 2.09. The fourth-order valence-electron chi connectivity index (χ4n) is 2.26. The van der Waals surface area contributed by atoms with Gasteiger partial charge in [-0.2, -0.15) is 0 Å². The summed E-state index contributed by atoms with van der Waals surface area (Å²) in [7, 11) is 0. The summed E-state index contributed by atoms with van der Waals surface area (Å²) in [6, 6.07) is 18.5. The predicted octanol–water partition coefficient (Wildman–Crippen LogP) is 4.84. The molecule has 1 unspecified atom stereocenters. The molecule has 0 bridgehead atoms. The molecule has 0 aliphatic heterocycles. The van der Waals surface area contributed by atoms with Crippen LogP contribution in [-0.2, 0) is 0 Å². The third-order valence-corrected chi connectivity index (χ3v) is 3.48. The first-order valence-electron chi connectivity index (χ1n) is 7.19. The van der Waals surface area contributed by atoms with Crippen LogP contribution in [0.2, 0.25) is 0 Å². The molecular formula is C18H21NO. The second kappa shape index (κ2) is 6.90. The summed E-state index contributed by atoms with van der Waals surface area (Å²) in [6.45, 7) is 4.05. The largest absolute Gasteiger partial charge is 0.378 e. The zero-order valence-electron chi connectivity index (χ0n) is 12.1. The van der Waals surface area contributed by atoms with Crippen LogP contribution in [0.5, 0.6) is 0 Å². The summed E-state index contributed by atoms with van der Waals surface area (Å²) in [5.41, 5.74) is 3.11. The maximum Gasteiger partial charge on any atom is 0.162 e. The molecule has 2 aromatic rings. The van der Waals surface area contributed by atoms with Gasteiger partial charge in [-0.25, -0.2) is 0 Å². The van der Waals surface area contributed by atoms with Gasteiger partial charge in [-0.1, -0.05) is 44.2 Å². The molecule has 1 atom stereocenters. The summed E-state index contributed by atoms with van der Waals surface area (Å²) in [4.78, 5) is 11.6. The number of hydrogen-bond donors (Lipinski definition) is 1. The van der Waals surface area contributed by atoms with Crippen LogP contribution >= 0.6 is 0 Å². The van der Waals surface area contributed by atoms with E-state index in [1.807, 2.05) is 37.3 Å². The molecule has 0 heterocycles. The quantitative estimate of drug-likeness (QED) is 0.758. The summed E-state index contributed by atoms with van der Waals surface area (Å²) in [6.07, 6.45) is 1.56. The lowest BCUT2D eigenvalue weighted by Gasteiger charge is -2.19. The van der Waals surface area contributed by atoms with Gasteiger partial charge < -0.3 is 5.32 Å². The molecule has 0 fully saturated rings. The van der Waals surface area contributed by atoms with Crippen molar-refractivity contribution in [3.8, 4) is 0 Å². The van der Waals surface area contributed by atoms with E-state index in [1.54, 1.807) is 0 Å². The van der Waals surface area contributed by atoms with Crippen LogP contribution in [0.25, 0.3) is 0 Å². The Morgan fingerprint density at radius 1 is 1.00 bits per heavy atom. The van der Waals surface area contributed by atoms with Gasteiger partial charge >= 0.3 is 0 Å². The number of anilines is 1. The molecular weight excluding hydrogens is 246 g/mol. The van der Waals surface area contributed by atoms with Gasteiger partial charge in [0.15, 0.2) is 5.78 Å². The van der Waals surface area contributed by atoms with E-state index in [2.05, 4.69) is 36.5 Å². The van der Waals surface area contributed by atoms with Gasteiger partial charge in [0.1, 0.15) is 0 Å². The van der Waals surface area contributed by atoms with Crippen LogP contribution in [-0.4, -0.2) is 5.78 Å². The molecule has 0 aliphatic rings. The van der Waals surface area contributed by atoms with Crippen molar-refractivity contribution in [2.45, 2.75) is 32.7 Å². The van der Waals surface area contributed by atoms with Crippen molar-refractivity contribution < 1.29 is 4.79 Å². The maximum atomic E-state index is 11.6. The number of ketones is 1. The normalized spacial score (nSPS) is 11.9. The maximum absolute atomic E-state index is 11.6. The Kier molecular flexibility index (Phi) is 4.94. The van der Waals surface area contributed by atoms with E-state index in [-0.39, 0.29) is 5.78 Å². The standard InChI is InChI=1S/C18H21NO/c1-3-17(14-8-6-5-7-9-14)19-16-12-10-15(11-13-16)18(20)4-2/h5-13,17,19H,3-4H2,1-2H3. The van der Waals surface area contributed by atoms with E-state index in [4.69, 9.17) is 0 Å². The third kappa shape index (κ3) is 3.47. The lowest BCUT2D eigenvalue weighted by atomic mass is 10.0. The van der Waals surface area contributed by atoms with Crippen molar-refractivity contribution in [3.63, 3.8) is 0 Å². The van der Waals surface area contributed by atoms with E-state index in [0.717, 1.165) is 17.7 Å². The topological polar surface area (TPSA) is 29.1 Å². The van der Waals surface area contributed by atoms with Crippen molar-refractivity contribution in [3.05, 3.63) is 65.7 Å². The SMILES string of the molecule is CCC(=O)c1ccc(NC(CC)c2ccccc2)cc1. The van der Waals surface area contributed by atoms with Crippen LogP contribution in [0, 0.1) is 0 Å². The minimum atomic E-state index is 0.187. The average molecular weight is 267 g/mol. The van der Waals surface area contributed by atoms with Crippen molar-refractivity contribution in [1.82, 2.24) is 0 Å². The van der Waals surface area contributed by atoms with Crippen molar-refractivity contribution in [1.29, 1.82) is 0 Å². The zero-order valence-corrected chi connectivity index (χ0v) is 12.1. The van der Waals surface area contributed by atoms with Gasteiger partial charge in [0.2, 0.25) is 0 Å². The van der Waals surface area contributed by atoms with E-state index in [0.29, 0.717) is 12.5 Å². The minimum absolute atomic E-state index is 0.187. The molecule has 2 aromatic carbocycles. The Balaban J connectivity index is 2.10. The number of carbonyl (C=O) groups is 1. The molecule has 0 aromatic heterocycles. The van der Waals surface area contributed by atoms with E-state index < -0.39 is 0 Å². The molecule has 20 heavy (non-hydrogen) atoms. The molecule has 0 spiro atoms. The number of Topliss-reactive ketones (excluding diaryl/α,β-unsaturated/α-hetero) is 1. The lowest BCUT2D eigenvalue weighted by Crippen LogP contribution is -2.09. The summed E-state index contributed by atoms with van der Waals surface area (Å²) >= 11 is 0. The number of carbonyl (C=O) groups excluding carboxylic acids is 1. The average Bonchev–Trinajstić information content (AvgIpc) is 2.53. The lowest BCUT2D eigenvalue weighted by molar-refractivity contribution is 0.0988. The second-order valence-electron chi connectivity index (χ2n) is 4.87. The molecule has 0 saturated carbocycles. The van der Waals surface area contributed by atoms with Crippen molar-refractivity contribution in [2.75, 3.05) is 5.32 Å². The zero-order chi connectivity index (χ0) is 14.4. The summed E-state index contributed by atoms with van der Waals surface area (Å²) in [5.74, 6) is 0.187. The Bertz CT molecular complexity index is 545. The van der Waals surface area contributed by atoms with Crippen molar-refractivity contribution in [2.24, 2.45) is 0 Å². The molecule has 1 N–H and O–H groups in total. The van der Waals surface area contributed by atoms with E-state index in [1.165, 1.54) is 5.56 Å². The number of benzene rings is 2. The van der Waals surface area contributed by atoms with Crippen LogP contribution in [0.1, 0.15) is 48.7 Å². The Morgan fingerprint density at radius 3 is 2.20 bits per heavy atom. The molecule has 2 rings (SSSR count). The van der Waals surface area contributed by atoms with E-state index in [9.17, 15) is 4.79 Å². The highest BCUT2D eigenvalue weighted by atomic mass is 16.1. The number of nitrogens with one attached hydrogen (secondary N) is 1. The molecule has 2 nitrogen and oxygen atoms in total. The van der Waals surface area contributed by atoms with Gasteiger partial charge in [0.05, 0.1) is 6.04 Å². The fraction of sp³-hybridized carbons (Fsp3) is 0.278. The predicted molar refractivity (Wildman–Crippen MR) is 84.2 cm³/mol. The van der Waals surface area contributed by atoms with Gasteiger partial charge in [-0.05, 0) is 36.2 Å². The van der Waals surface area contributed by atoms with Gasteiger partial charge in [0.25, 0.3) is 0 Å². The van der Waals surface area contributed by atoms with Crippen molar-refractivity contribution >= 4 is 11.5 Å². The molecule has 0 aliphatic carbocycles. The number of rotatable bonds is 6. The molecule has 2 heteroatoms. The smallest absolute Gasteiger partial charge is 0.162 e. The summed E-state index contributed by atoms with van der Waals surface area (Å²) in [5, 5.41) is 3.52.